The molecule has 2 rings (SSSR count). The summed E-state index contributed by atoms with van der Waals surface area (Å²) in [6.45, 7) is 1.76. The predicted molar refractivity (Wildman–Crippen MR) is 53.3 cm³/mol. The standard InChI is InChI=1S/C10H12N2O3/c1-6-9(10(13)12-11)15-8-5-3-2-4-7(8)14-6/h2-6,9H,11H2,1H3,(H,12,13)/t6-,9+/m1/s1. The lowest BCUT2D eigenvalue weighted by molar-refractivity contribution is -0.133. The van der Waals surface area contributed by atoms with Crippen LogP contribution in [0.1, 0.15) is 6.92 Å². The first-order valence-corrected chi connectivity index (χ1v) is 4.65. The van der Waals surface area contributed by atoms with Gasteiger partial charge in [0, 0.05) is 0 Å². The summed E-state index contributed by atoms with van der Waals surface area (Å²) in [5.41, 5.74) is 2.05. The third-order valence-corrected chi connectivity index (χ3v) is 2.24. The Morgan fingerprint density at radius 2 is 1.93 bits per heavy atom. The van der Waals surface area contributed by atoms with Crippen LogP contribution in [0.2, 0.25) is 0 Å². The average molecular weight is 208 g/mol. The number of benzene rings is 1. The van der Waals surface area contributed by atoms with E-state index in [0.29, 0.717) is 11.5 Å². The lowest BCUT2D eigenvalue weighted by atomic mass is 10.1. The minimum absolute atomic E-state index is 0.358. The van der Waals surface area contributed by atoms with Gasteiger partial charge in [0.15, 0.2) is 11.5 Å². The van der Waals surface area contributed by atoms with Gasteiger partial charge in [-0.25, -0.2) is 5.84 Å². The molecule has 0 aliphatic carbocycles. The van der Waals surface area contributed by atoms with Crippen molar-refractivity contribution < 1.29 is 14.3 Å². The van der Waals surface area contributed by atoms with Gasteiger partial charge in [0.1, 0.15) is 6.10 Å². The Labute approximate surface area is 87.1 Å². The largest absolute Gasteiger partial charge is 0.482 e. The number of ether oxygens (including phenoxy) is 2. The fourth-order valence-corrected chi connectivity index (χ4v) is 1.49. The number of nitrogens with one attached hydrogen (secondary N) is 1. The fraction of sp³-hybridized carbons (Fsp3) is 0.300. The number of carbonyl (C=O) groups is 1. The second-order valence-corrected chi connectivity index (χ2v) is 3.32. The molecule has 0 saturated carbocycles. The molecule has 1 aliphatic rings. The predicted octanol–water partition coefficient (Wildman–Crippen LogP) is 0.205. The number of fused-ring (bicyclic) bond motifs is 1. The third kappa shape index (κ3) is 1.73. The Balaban J connectivity index is 2.25. The smallest absolute Gasteiger partial charge is 0.278 e. The maximum absolute atomic E-state index is 11.3. The van der Waals surface area contributed by atoms with Crippen molar-refractivity contribution in [3.05, 3.63) is 24.3 Å². The normalized spacial score (nSPS) is 23.3. The van der Waals surface area contributed by atoms with Crippen LogP contribution in [0.5, 0.6) is 11.5 Å². The van der Waals surface area contributed by atoms with Crippen LogP contribution in [0.15, 0.2) is 24.3 Å². The van der Waals surface area contributed by atoms with Crippen molar-refractivity contribution in [3.8, 4) is 11.5 Å². The Hall–Kier alpha value is -1.75. The maximum Gasteiger partial charge on any atom is 0.278 e. The number of nitrogens with two attached hydrogens (primary N) is 1. The van der Waals surface area contributed by atoms with Gasteiger partial charge in [0.05, 0.1) is 0 Å². The van der Waals surface area contributed by atoms with Crippen molar-refractivity contribution in [3.63, 3.8) is 0 Å². The highest BCUT2D eigenvalue weighted by molar-refractivity contribution is 5.81. The molecule has 1 aromatic rings. The minimum atomic E-state index is -0.704. The van der Waals surface area contributed by atoms with E-state index in [-0.39, 0.29) is 6.10 Å². The molecule has 0 bridgehead atoms. The molecular formula is C10H12N2O3. The SMILES string of the molecule is C[C@H]1Oc2ccccc2O[C@@H]1C(=O)NN. The van der Waals surface area contributed by atoms with E-state index in [4.69, 9.17) is 15.3 Å². The van der Waals surface area contributed by atoms with Gasteiger partial charge in [0.25, 0.3) is 5.91 Å². The van der Waals surface area contributed by atoms with Crippen LogP contribution in [0, 0.1) is 0 Å². The molecule has 1 aliphatic heterocycles. The van der Waals surface area contributed by atoms with Gasteiger partial charge in [-0.3, -0.25) is 10.2 Å². The number of hydrogen-bond donors (Lipinski definition) is 2. The second kappa shape index (κ2) is 3.78. The highest BCUT2D eigenvalue weighted by Gasteiger charge is 2.33. The van der Waals surface area contributed by atoms with Crippen molar-refractivity contribution >= 4 is 5.91 Å². The van der Waals surface area contributed by atoms with E-state index < -0.39 is 12.0 Å². The van der Waals surface area contributed by atoms with Crippen LogP contribution < -0.4 is 20.7 Å². The van der Waals surface area contributed by atoms with Crippen molar-refractivity contribution in [1.29, 1.82) is 0 Å². The Morgan fingerprint density at radius 1 is 1.33 bits per heavy atom. The number of carbonyl (C=O) groups excluding carboxylic acids is 1. The Bertz CT molecular complexity index is 381. The summed E-state index contributed by atoms with van der Waals surface area (Å²) in [6.07, 6.45) is -1.06. The molecule has 0 fully saturated rings. The molecule has 0 unspecified atom stereocenters. The van der Waals surface area contributed by atoms with E-state index in [0.717, 1.165) is 0 Å². The molecule has 15 heavy (non-hydrogen) atoms. The van der Waals surface area contributed by atoms with Crippen molar-refractivity contribution in [2.45, 2.75) is 19.1 Å². The van der Waals surface area contributed by atoms with Gasteiger partial charge in [-0.2, -0.15) is 0 Å². The first kappa shape index (κ1) is 9.79. The maximum atomic E-state index is 11.3. The zero-order valence-electron chi connectivity index (χ0n) is 8.27. The number of hydrogen-bond acceptors (Lipinski definition) is 4. The van der Waals surface area contributed by atoms with Gasteiger partial charge < -0.3 is 9.47 Å². The molecule has 3 N–H and O–H groups in total. The van der Waals surface area contributed by atoms with Crippen LogP contribution in [0.3, 0.4) is 0 Å². The first-order valence-electron chi connectivity index (χ1n) is 4.65. The lowest BCUT2D eigenvalue weighted by Gasteiger charge is -2.30. The van der Waals surface area contributed by atoms with Crippen LogP contribution in [-0.4, -0.2) is 18.1 Å². The summed E-state index contributed by atoms with van der Waals surface area (Å²) >= 11 is 0. The van der Waals surface area contributed by atoms with E-state index in [9.17, 15) is 4.79 Å². The Kier molecular flexibility index (Phi) is 2.47. The van der Waals surface area contributed by atoms with Crippen LogP contribution >= 0.6 is 0 Å². The summed E-state index contributed by atoms with van der Waals surface area (Å²) in [6, 6.07) is 7.20. The molecule has 1 amide bonds. The van der Waals surface area contributed by atoms with E-state index in [1.54, 1.807) is 19.1 Å². The quantitative estimate of drug-likeness (QED) is 0.393. The molecule has 80 valence electrons. The molecule has 1 heterocycles. The number of para-hydroxylation sites is 2. The number of amides is 1. The van der Waals surface area contributed by atoms with Gasteiger partial charge in [-0.1, -0.05) is 12.1 Å². The molecule has 5 heteroatoms. The van der Waals surface area contributed by atoms with Gasteiger partial charge in [0.2, 0.25) is 6.10 Å². The highest BCUT2D eigenvalue weighted by Crippen LogP contribution is 2.33. The molecule has 1 aromatic carbocycles. The van der Waals surface area contributed by atoms with E-state index in [2.05, 4.69) is 5.43 Å². The zero-order chi connectivity index (χ0) is 10.8. The zero-order valence-corrected chi connectivity index (χ0v) is 8.27. The second-order valence-electron chi connectivity index (χ2n) is 3.32. The summed E-state index contributed by atoms with van der Waals surface area (Å²) in [4.78, 5) is 11.3. The summed E-state index contributed by atoms with van der Waals surface area (Å²) in [7, 11) is 0. The van der Waals surface area contributed by atoms with Crippen LogP contribution in [0.4, 0.5) is 0 Å². The molecule has 5 nitrogen and oxygen atoms in total. The molecule has 0 aromatic heterocycles. The molecule has 0 saturated heterocycles. The minimum Gasteiger partial charge on any atom is -0.482 e. The highest BCUT2D eigenvalue weighted by atomic mass is 16.6. The molecule has 0 radical (unpaired) electrons. The monoisotopic (exact) mass is 208 g/mol. The molecule has 2 atom stereocenters. The third-order valence-electron chi connectivity index (χ3n) is 2.24. The topological polar surface area (TPSA) is 73.6 Å². The summed E-state index contributed by atoms with van der Waals surface area (Å²) < 4.78 is 11.0. The van der Waals surface area contributed by atoms with Gasteiger partial charge in [-0.05, 0) is 19.1 Å². The van der Waals surface area contributed by atoms with Crippen LogP contribution in [-0.2, 0) is 4.79 Å². The fourth-order valence-electron chi connectivity index (χ4n) is 1.49. The first-order chi connectivity index (χ1) is 7.22. The number of hydrazine groups is 1. The molecular weight excluding hydrogens is 196 g/mol. The lowest BCUT2D eigenvalue weighted by Crippen LogP contribution is -2.50. The summed E-state index contributed by atoms with van der Waals surface area (Å²) in [5, 5.41) is 0. The summed E-state index contributed by atoms with van der Waals surface area (Å²) in [5.74, 6) is 5.86. The van der Waals surface area contributed by atoms with Crippen LogP contribution in [0.25, 0.3) is 0 Å². The Morgan fingerprint density at radius 3 is 2.53 bits per heavy atom. The van der Waals surface area contributed by atoms with E-state index in [1.807, 2.05) is 12.1 Å². The van der Waals surface area contributed by atoms with E-state index >= 15 is 0 Å². The number of rotatable bonds is 1. The molecule has 0 spiro atoms. The average Bonchev–Trinajstić information content (AvgIpc) is 2.27. The van der Waals surface area contributed by atoms with Gasteiger partial charge >= 0.3 is 0 Å². The van der Waals surface area contributed by atoms with Crippen molar-refractivity contribution in [2.75, 3.05) is 0 Å². The van der Waals surface area contributed by atoms with Crippen molar-refractivity contribution in [1.82, 2.24) is 5.43 Å². The van der Waals surface area contributed by atoms with E-state index in [1.165, 1.54) is 0 Å². The van der Waals surface area contributed by atoms with Crippen molar-refractivity contribution in [2.24, 2.45) is 5.84 Å². The van der Waals surface area contributed by atoms with Gasteiger partial charge in [-0.15, -0.1) is 0 Å².